The number of esters is 1. The SMILES string of the molecule is CCOC(=O)C1=NN(C(=O)c2ccncc2)[C@](O)(C(C)(C)C)C1. The Kier molecular flexibility index (Phi) is 4.51. The van der Waals surface area contributed by atoms with Crippen LogP contribution in [0.3, 0.4) is 0 Å². The summed E-state index contributed by atoms with van der Waals surface area (Å²) < 4.78 is 4.94. The molecular weight excluding hydrogens is 298 g/mol. The number of pyridine rings is 1. The molecule has 0 unspecified atom stereocenters. The highest BCUT2D eigenvalue weighted by Crippen LogP contribution is 2.41. The zero-order valence-corrected chi connectivity index (χ0v) is 13.7. The van der Waals surface area contributed by atoms with Gasteiger partial charge in [-0.05, 0) is 19.1 Å². The second-order valence-electron chi connectivity index (χ2n) is 6.36. The Labute approximate surface area is 135 Å². The lowest BCUT2D eigenvalue weighted by Gasteiger charge is -2.41. The summed E-state index contributed by atoms with van der Waals surface area (Å²) in [6, 6.07) is 3.06. The van der Waals surface area contributed by atoms with Gasteiger partial charge < -0.3 is 9.84 Å². The Morgan fingerprint density at radius 1 is 1.35 bits per heavy atom. The van der Waals surface area contributed by atoms with Crippen molar-refractivity contribution in [3.05, 3.63) is 30.1 Å². The van der Waals surface area contributed by atoms with E-state index in [9.17, 15) is 14.7 Å². The number of hydrazone groups is 1. The molecule has 0 spiro atoms. The third-order valence-electron chi connectivity index (χ3n) is 3.82. The van der Waals surface area contributed by atoms with Crippen LogP contribution in [0.2, 0.25) is 0 Å². The fourth-order valence-corrected chi connectivity index (χ4v) is 2.29. The third-order valence-corrected chi connectivity index (χ3v) is 3.82. The molecule has 1 aromatic heterocycles. The maximum absolute atomic E-state index is 12.7. The lowest BCUT2D eigenvalue weighted by Crippen LogP contribution is -2.55. The molecule has 1 amide bonds. The number of amides is 1. The van der Waals surface area contributed by atoms with Crippen LogP contribution in [-0.2, 0) is 9.53 Å². The standard InChI is InChI=1S/C16H21N3O4/c1-5-23-14(21)12-10-16(22,15(2,3)4)19(18-12)13(20)11-6-8-17-9-7-11/h6-9,22H,5,10H2,1-4H3/t16-/m1/s1. The van der Waals surface area contributed by atoms with Crippen molar-refractivity contribution in [1.82, 2.24) is 9.99 Å². The largest absolute Gasteiger partial charge is 0.461 e. The van der Waals surface area contributed by atoms with Crippen LogP contribution in [0.1, 0.15) is 44.5 Å². The van der Waals surface area contributed by atoms with Gasteiger partial charge in [0.1, 0.15) is 0 Å². The molecule has 1 atom stereocenters. The summed E-state index contributed by atoms with van der Waals surface area (Å²) in [4.78, 5) is 28.5. The molecule has 0 saturated carbocycles. The zero-order valence-electron chi connectivity index (χ0n) is 13.7. The van der Waals surface area contributed by atoms with Crippen molar-refractivity contribution in [1.29, 1.82) is 0 Å². The molecule has 0 saturated heterocycles. The molecule has 23 heavy (non-hydrogen) atoms. The number of aromatic nitrogens is 1. The molecular formula is C16H21N3O4. The average molecular weight is 319 g/mol. The molecule has 0 aliphatic carbocycles. The second kappa shape index (κ2) is 6.08. The minimum Gasteiger partial charge on any atom is -0.461 e. The van der Waals surface area contributed by atoms with E-state index in [4.69, 9.17) is 4.74 Å². The summed E-state index contributed by atoms with van der Waals surface area (Å²) in [5.74, 6) is -1.12. The van der Waals surface area contributed by atoms with Gasteiger partial charge in [0.15, 0.2) is 11.4 Å². The van der Waals surface area contributed by atoms with Crippen LogP contribution in [0, 0.1) is 5.41 Å². The number of nitrogens with zero attached hydrogens (tertiary/aromatic N) is 3. The van der Waals surface area contributed by atoms with E-state index in [-0.39, 0.29) is 18.7 Å². The van der Waals surface area contributed by atoms with E-state index in [1.165, 1.54) is 24.5 Å². The van der Waals surface area contributed by atoms with Gasteiger partial charge in [0.2, 0.25) is 0 Å². The lowest BCUT2D eigenvalue weighted by atomic mass is 9.80. The lowest BCUT2D eigenvalue weighted by molar-refractivity contribution is -0.144. The number of aliphatic hydroxyl groups is 1. The quantitative estimate of drug-likeness (QED) is 0.854. The van der Waals surface area contributed by atoms with Gasteiger partial charge in [-0.2, -0.15) is 10.1 Å². The van der Waals surface area contributed by atoms with Gasteiger partial charge in [-0.15, -0.1) is 0 Å². The molecule has 1 aliphatic rings. The van der Waals surface area contributed by atoms with E-state index in [1.54, 1.807) is 27.7 Å². The highest BCUT2D eigenvalue weighted by atomic mass is 16.5. The number of ether oxygens (including phenoxy) is 1. The van der Waals surface area contributed by atoms with Crippen LogP contribution < -0.4 is 0 Å². The first-order valence-corrected chi connectivity index (χ1v) is 7.42. The zero-order chi connectivity index (χ0) is 17.3. The molecule has 2 rings (SSSR count). The van der Waals surface area contributed by atoms with E-state index < -0.39 is 23.0 Å². The number of carbonyl (C=O) groups is 2. The van der Waals surface area contributed by atoms with E-state index >= 15 is 0 Å². The molecule has 124 valence electrons. The Morgan fingerprint density at radius 3 is 2.48 bits per heavy atom. The first-order valence-electron chi connectivity index (χ1n) is 7.42. The van der Waals surface area contributed by atoms with Crippen LogP contribution in [0.4, 0.5) is 0 Å². The van der Waals surface area contributed by atoms with Crippen LogP contribution in [0.25, 0.3) is 0 Å². The molecule has 7 nitrogen and oxygen atoms in total. The van der Waals surface area contributed by atoms with Crippen molar-refractivity contribution < 1.29 is 19.4 Å². The predicted octanol–water partition coefficient (Wildman–Crippen LogP) is 1.58. The normalized spacial score (nSPS) is 21.1. The third kappa shape index (κ3) is 3.10. The van der Waals surface area contributed by atoms with Gasteiger partial charge in [0.05, 0.1) is 6.61 Å². The van der Waals surface area contributed by atoms with E-state index in [0.717, 1.165) is 5.01 Å². The average Bonchev–Trinajstić information content (AvgIpc) is 2.87. The summed E-state index contributed by atoms with van der Waals surface area (Å²) in [5, 5.41) is 16.1. The van der Waals surface area contributed by atoms with Crippen LogP contribution in [0.5, 0.6) is 0 Å². The number of rotatable bonds is 3. The van der Waals surface area contributed by atoms with Crippen LogP contribution in [-0.4, -0.2) is 45.0 Å². The molecule has 7 heteroatoms. The van der Waals surface area contributed by atoms with Crippen LogP contribution in [0.15, 0.2) is 29.6 Å². The number of hydrogen-bond acceptors (Lipinski definition) is 6. The highest BCUT2D eigenvalue weighted by Gasteiger charge is 2.54. The van der Waals surface area contributed by atoms with Gasteiger partial charge in [-0.25, -0.2) is 4.79 Å². The van der Waals surface area contributed by atoms with Crippen molar-refractivity contribution in [3.8, 4) is 0 Å². The summed E-state index contributed by atoms with van der Waals surface area (Å²) in [5.41, 5.74) is -1.97. The van der Waals surface area contributed by atoms with Gasteiger partial charge >= 0.3 is 5.97 Å². The van der Waals surface area contributed by atoms with Crippen molar-refractivity contribution in [3.63, 3.8) is 0 Å². The van der Waals surface area contributed by atoms with Crippen LogP contribution >= 0.6 is 0 Å². The summed E-state index contributed by atoms with van der Waals surface area (Å²) >= 11 is 0. The molecule has 0 aromatic carbocycles. The minimum atomic E-state index is -1.62. The molecule has 0 radical (unpaired) electrons. The topological polar surface area (TPSA) is 92.1 Å². The molecule has 2 heterocycles. The molecule has 1 N–H and O–H groups in total. The van der Waals surface area contributed by atoms with Crippen molar-refractivity contribution in [2.24, 2.45) is 10.5 Å². The molecule has 1 aromatic rings. The Balaban J connectivity index is 2.42. The monoisotopic (exact) mass is 319 g/mol. The van der Waals surface area contributed by atoms with Crippen molar-refractivity contribution >= 4 is 17.6 Å². The Morgan fingerprint density at radius 2 is 1.96 bits per heavy atom. The van der Waals surface area contributed by atoms with Gasteiger partial charge in [-0.1, -0.05) is 20.8 Å². The predicted molar refractivity (Wildman–Crippen MR) is 83.5 cm³/mol. The van der Waals surface area contributed by atoms with E-state index in [1.807, 2.05) is 0 Å². The Bertz CT molecular complexity index is 636. The molecule has 0 fully saturated rings. The first-order chi connectivity index (χ1) is 10.7. The number of carbonyl (C=O) groups excluding carboxylic acids is 2. The van der Waals surface area contributed by atoms with Gasteiger partial charge in [0.25, 0.3) is 5.91 Å². The van der Waals surface area contributed by atoms with E-state index in [2.05, 4.69) is 10.1 Å². The number of hydrogen-bond donors (Lipinski definition) is 1. The molecule has 0 bridgehead atoms. The summed E-state index contributed by atoms with van der Waals surface area (Å²) in [7, 11) is 0. The maximum atomic E-state index is 12.7. The van der Waals surface area contributed by atoms with Gasteiger partial charge in [0, 0.05) is 29.8 Å². The van der Waals surface area contributed by atoms with Crippen molar-refractivity contribution in [2.75, 3.05) is 6.61 Å². The van der Waals surface area contributed by atoms with Crippen molar-refractivity contribution in [2.45, 2.75) is 39.8 Å². The summed E-state index contributed by atoms with van der Waals surface area (Å²) in [6.07, 6.45) is 2.89. The second-order valence-corrected chi connectivity index (χ2v) is 6.36. The van der Waals surface area contributed by atoms with Gasteiger partial charge in [-0.3, -0.25) is 9.78 Å². The molecule has 1 aliphatic heterocycles. The smallest absolute Gasteiger partial charge is 0.354 e. The Hall–Kier alpha value is -2.28. The fraction of sp³-hybridized carbons (Fsp3) is 0.500. The summed E-state index contributed by atoms with van der Waals surface area (Å²) in [6.45, 7) is 7.23. The fourth-order valence-electron chi connectivity index (χ4n) is 2.29. The first kappa shape index (κ1) is 17.1. The minimum absolute atomic E-state index is 0.0340. The maximum Gasteiger partial charge on any atom is 0.354 e. The highest BCUT2D eigenvalue weighted by molar-refractivity contribution is 6.37. The van der Waals surface area contributed by atoms with E-state index in [0.29, 0.717) is 5.56 Å².